The molecule has 0 aliphatic heterocycles. The zero-order valence-corrected chi connectivity index (χ0v) is 8.86. The van der Waals surface area contributed by atoms with E-state index in [4.69, 9.17) is 16.2 Å². The van der Waals surface area contributed by atoms with Crippen molar-refractivity contribution in [3.05, 3.63) is 22.8 Å². The molecule has 0 fully saturated rings. The van der Waals surface area contributed by atoms with Gasteiger partial charge in [0.2, 0.25) is 0 Å². The van der Waals surface area contributed by atoms with Gasteiger partial charge in [0.1, 0.15) is 5.82 Å². The quantitative estimate of drug-likeness (QED) is 0.810. The number of hydrogen-bond acceptors (Lipinski definition) is 3. The second-order valence-corrected chi connectivity index (χ2v) is 4.16. The topological polar surface area (TPSA) is 79.3 Å². The predicted molar refractivity (Wildman–Crippen MR) is 49.4 cm³/mol. The van der Waals surface area contributed by atoms with Crippen molar-refractivity contribution in [1.82, 2.24) is 4.98 Å². The van der Waals surface area contributed by atoms with Gasteiger partial charge in [-0.3, -0.25) is 4.55 Å². The highest BCUT2D eigenvalue weighted by atomic mass is 35.5. The Kier molecular flexibility index (Phi) is 3.31. The molecule has 0 aliphatic carbocycles. The van der Waals surface area contributed by atoms with Crippen LogP contribution < -0.4 is 4.72 Å². The van der Waals surface area contributed by atoms with Crippen molar-refractivity contribution < 1.29 is 26.1 Å². The first-order valence-electron chi connectivity index (χ1n) is 3.58. The third-order valence-corrected chi connectivity index (χ3v) is 2.12. The van der Waals surface area contributed by atoms with Gasteiger partial charge in [-0.1, -0.05) is 11.6 Å². The highest BCUT2D eigenvalue weighted by molar-refractivity contribution is 7.87. The van der Waals surface area contributed by atoms with Gasteiger partial charge in [-0.25, -0.2) is 9.71 Å². The fourth-order valence-corrected chi connectivity index (χ4v) is 1.42. The SMILES string of the molecule is O=S(=O)(O)Nc1ccc(Cl)c(C(F)(F)F)n1. The molecular formula is C6H4ClF3N2O3S. The standard InChI is InChI=1S/C6H4ClF3N2O3S/c7-3-1-2-4(12-16(13,14)15)11-5(3)6(8,9)10/h1-2H,(H,11,12)(H,13,14,15). The molecule has 1 rings (SSSR count). The van der Waals surface area contributed by atoms with Crippen LogP contribution in [0.3, 0.4) is 0 Å². The summed E-state index contributed by atoms with van der Waals surface area (Å²) >= 11 is 5.23. The molecule has 0 bridgehead atoms. The Hall–Kier alpha value is -1.06. The second kappa shape index (κ2) is 4.07. The molecule has 0 saturated heterocycles. The fourth-order valence-electron chi connectivity index (χ4n) is 0.830. The summed E-state index contributed by atoms with van der Waals surface area (Å²) in [6, 6.07) is 1.69. The van der Waals surface area contributed by atoms with Crippen molar-refractivity contribution in [3.63, 3.8) is 0 Å². The molecule has 0 aromatic carbocycles. The van der Waals surface area contributed by atoms with Crippen LogP contribution in [0.15, 0.2) is 12.1 Å². The number of pyridine rings is 1. The van der Waals surface area contributed by atoms with Crippen molar-refractivity contribution in [2.45, 2.75) is 6.18 Å². The number of hydrogen-bond donors (Lipinski definition) is 2. The Labute approximate surface area is 93.1 Å². The van der Waals surface area contributed by atoms with Crippen LogP contribution in [0.2, 0.25) is 5.02 Å². The number of alkyl halides is 3. The third-order valence-electron chi connectivity index (χ3n) is 1.35. The molecule has 1 heterocycles. The molecule has 90 valence electrons. The van der Waals surface area contributed by atoms with Crippen LogP contribution in [0.4, 0.5) is 19.0 Å². The van der Waals surface area contributed by atoms with Crippen molar-refractivity contribution in [2.24, 2.45) is 0 Å². The van der Waals surface area contributed by atoms with E-state index >= 15 is 0 Å². The highest BCUT2D eigenvalue weighted by Crippen LogP contribution is 2.33. The zero-order chi connectivity index (χ0) is 12.6. The number of rotatable bonds is 2. The Morgan fingerprint density at radius 2 is 1.94 bits per heavy atom. The molecule has 0 spiro atoms. The van der Waals surface area contributed by atoms with Crippen LogP contribution in [0, 0.1) is 0 Å². The monoisotopic (exact) mass is 276 g/mol. The van der Waals surface area contributed by atoms with E-state index < -0.39 is 33.0 Å². The van der Waals surface area contributed by atoms with Crippen molar-refractivity contribution in [1.29, 1.82) is 0 Å². The van der Waals surface area contributed by atoms with E-state index in [0.29, 0.717) is 0 Å². The first-order valence-corrected chi connectivity index (χ1v) is 5.40. The molecular weight excluding hydrogens is 273 g/mol. The average molecular weight is 277 g/mol. The van der Waals surface area contributed by atoms with E-state index in [0.717, 1.165) is 12.1 Å². The largest absolute Gasteiger partial charge is 0.434 e. The summed E-state index contributed by atoms with van der Waals surface area (Å²) in [6.07, 6.45) is -4.81. The summed E-state index contributed by atoms with van der Waals surface area (Å²) in [4.78, 5) is 2.92. The van der Waals surface area contributed by atoms with Crippen molar-refractivity contribution in [2.75, 3.05) is 4.72 Å². The number of nitrogens with zero attached hydrogens (tertiary/aromatic N) is 1. The second-order valence-electron chi connectivity index (χ2n) is 2.60. The molecule has 10 heteroatoms. The maximum atomic E-state index is 12.3. The Bertz CT molecular complexity index is 502. The number of aromatic nitrogens is 1. The van der Waals surface area contributed by atoms with Gasteiger partial charge >= 0.3 is 16.5 Å². The molecule has 0 saturated carbocycles. The molecule has 16 heavy (non-hydrogen) atoms. The van der Waals surface area contributed by atoms with E-state index in [2.05, 4.69) is 4.98 Å². The number of nitrogens with one attached hydrogen (secondary N) is 1. The summed E-state index contributed by atoms with van der Waals surface area (Å²) in [5.41, 5.74) is -1.44. The lowest BCUT2D eigenvalue weighted by molar-refractivity contribution is -0.140. The van der Waals surface area contributed by atoms with E-state index in [1.54, 1.807) is 0 Å². The minimum absolute atomic E-state index is 0.673. The van der Waals surface area contributed by atoms with Gasteiger partial charge < -0.3 is 0 Å². The predicted octanol–water partition coefficient (Wildman–Crippen LogP) is 1.97. The zero-order valence-electron chi connectivity index (χ0n) is 7.29. The van der Waals surface area contributed by atoms with Crippen LogP contribution in [-0.4, -0.2) is 18.0 Å². The van der Waals surface area contributed by atoms with E-state index in [1.807, 2.05) is 0 Å². The van der Waals surface area contributed by atoms with Crippen LogP contribution in [0.1, 0.15) is 5.69 Å². The van der Waals surface area contributed by atoms with Gasteiger partial charge in [-0.2, -0.15) is 21.6 Å². The van der Waals surface area contributed by atoms with E-state index in [1.165, 1.54) is 4.72 Å². The summed E-state index contributed by atoms with van der Waals surface area (Å²) in [6.45, 7) is 0. The molecule has 1 aromatic heterocycles. The maximum absolute atomic E-state index is 12.3. The van der Waals surface area contributed by atoms with Gasteiger partial charge in [0.25, 0.3) is 0 Å². The van der Waals surface area contributed by atoms with Gasteiger partial charge in [0.05, 0.1) is 5.02 Å². The molecule has 0 radical (unpaired) electrons. The first-order chi connectivity index (χ1) is 7.09. The molecule has 0 aliphatic rings. The Balaban J connectivity index is 3.18. The van der Waals surface area contributed by atoms with Gasteiger partial charge in [0, 0.05) is 0 Å². The Morgan fingerprint density at radius 3 is 2.38 bits per heavy atom. The summed E-state index contributed by atoms with van der Waals surface area (Å²) < 4.78 is 67.2. The summed E-state index contributed by atoms with van der Waals surface area (Å²) in [5.74, 6) is -0.681. The molecule has 2 N–H and O–H groups in total. The third kappa shape index (κ3) is 3.51. The van der Waals surface area contributed by atoms with Crippen LogP contribution in [0.5, 0.6) is 0 Å². The smallest absolute Gasteiger partial charge is 0.269 e. The van der Waals surface area contributed by atoms with Crippen molar-refractivity contribution >= 4 is 27.7 Å². The lowest BCUT2D eigenvalue weighted by atomic mass is 10.3. The van der Waals surface area contributed by atoms with Gasteiger partial charge in [-0.05, 0) is 12.1 Å². The summed E-state index contributed by atoms with van der Waals surface area (Å²) in [7, 11) is -4.68. The average Bonchev–Trinajstić information content (AvgIpc) is 2.04. The summed E-state index contributed by atoms with van der Waals surface area (Å²) in [5, 5.41) is -0.673. The lowest BCUT2D eigenvalue weighted by Gasteiger charge is -2.09. The first kappa shape index (κ1) is 13.0. The van der Waals surface area contributed by atoms with Crippen molar-refractivity contribution in [3.8, 4) is 0 Å². The molecule has 1 aromatic rings. The maximum Gasteiger partial charge on any atom is 0.434 e. The fraction of sp³-hybridized carbons (Fsp3) is 0.167. The minimum atomic E-state index is -4.81. The molecule has 0 amide bonds. The van der Waals surface area contributed by atoms with Gasteiger partial charge in [-0.15, -0.1) is 0 Å². The van der Waals surface area contributed by atoms with Gasteiger partial charge in [0.15, 0.2) is 5.69 Å². The van der Waals surface area contributed by atoms with E-state index in [-0.39, 0.29) is 0 Å². The van der Waals surface area contributed by atoms with Crippen LogP contribution in [0.25, 0.3) is 0 Å². The van der Waals surface area contributed by atoms with Crippen LogP contribution in [-0.2, 0) is 16.5 Å². The van der Waals surface area contributed by atoms with E-state index in [9.17, 15) is 21.6 Å². The number of halogens is 4. The lowest BCUT2D eigenvalue weighted by Crippen LogP contribution is -2.15. The minimum Gasteiger partial charge on any atom is -0.269 e. The molecule has 0 atom stereocenters. The number of anilines is 1. The normalized spacial score (nSPS) is 12.6. The Morgan fingerprint density at radius 1 is 1.38 bits per heavy atom. The molecule has 5 nitrogen and oxygen atoms in total. The highest BCUT2D eigenvalue weighted by Gasteiger charge is 2.35. The van der Waals surface area contributed by atoms with Crippen LogP contribution >= 0.6 is 11.6 Å². The molecule has 0 unspecified atom stereocenters.